The van der Waals surface area contributed by atoms with Crippen LogP contribution in [0.3, 0.4) is 0 Å². The summed E-state index contributed by atoms with van der Waals surface area (Å²) < 4.78 is 8.58. The zero-order valence-corrected chi connectivity index (χ0v) is 18.0. The lowest BCUT2D eigenvalue weighted by Crippen LogP contribution is -2.33. The third-order valence-corrected chi connectivity index (χ3v) is 4.93. The van der Waals surface area contributed by atoms with Gasteiger partial charge >= 0.3 is 5.69 Å². The molecule has 0 atom stereocenters. The van der Waals surface area contributed by atoms with E-state index in [1.54, 1.807) is 30.6 Å². The minimum Gasteiger partial charge on any atom is -0.504 e. The van der Waals surface area contributed by atoms with Crippen molar-refractivity contribution in [1.82, 2.24) is 24.3 Å². The van der Waals surface area contributed by atoms with Crippen molar-refractivity contribution in [3.8, 4) is 29.0 Å². The van der Waals surface area contributed by atoms with Gasteiger partial charge in [-0.3, -0.25) is 9.78 Å². The second kappa shape index (κ2) is 7.55. The SMILES string of the molecule is CC(C)(C)n1cnc2ccc(Oc3c(O)cc(-n4nc(C#N)c(=O)[nH]c4=O)cc3Cl)cc21. The molecule has 2 heterocycles. The monoisotopic (exact) mass is 452 g/mol. The number of benzene rings is 2. The Kier molecular flexibility index (Phi) is 4.99. The van der Waals surface area contributed by atoms with Gasteiger partial charge in [0.25, 0.3) is 5.56 Å². The van der Waals surface area contributed by atoms with E-state index in [9.17, 15) is 14.7 Å². The summed E-state index contributed by atoms with van der Waals surface area (Å²) in [5.74, 6) is 0.0180. The van der Waals surface area contributed by atoms with Crippen LogP contribution in [0.1, 0.15) is 26.5 Å². The summed E-state index contributed by atoms with van der Waals surface area (Å²) in [5.41, 5.74) is -0.838. The third-order valence-electron chi connectivity index (χ3n) is 4.65. The summed E-state index contributed by atoms with van der Waals surface area (Å²) in [6.45, 7) is 6.15. The van der Waals surface area contributed by atoms with E-state index in [2.05, 4.69) is 10.1 Å². The van der Waals surface area contributed by atoms with Crippen molar-refractivity contribution in [2.75, 3.05) is 0 Å². The molecule has 2 aromatic carbocycles. The van der Waals surface area contributed by atoms with Crippen molar-refractivity contribution in [2.24, 2.45) is 0 Å². The molecule has 0 spiro atoms. The maximum atomic E-state index is 12.1. The molecule has 0 aliphatic heterocycles. The second-order valence-corrected chi connectivity index (χ2v) is 8.35. The van der Waals surface area contributed by atoms with Crippen molar-refractivity contribution in [1.29, 1.82) is 5.26 Å². The Bertz CT molecular complexity index is 1500. The van der Waals surface area contributed by atoms with E-state index < -0.39 is 16.9 Å². The van der Waals surface area contributed by atoms with Crippen molar-refractivity contribution in [3.05, 3.63) is 68.2 Å². The highest BCUT2D eigenvalue weighted by Crippen LogP contribution is 2.40. The number of hydrogen-bond acceptors (Lipinski definition) is 7. The Labute approximate surface area is 185 Å². The summed E-state index contributed by atoms with van der Waals surface area (Å²) in [6.07, 6.45) is 1.75. The first kappa shape index (κ1) is 21.1. The Morgan fingerprint density at radius 3 is 2.62 bits per heavy atom. The van der Waals surface area contributed by atoms with Crippen LogP contribution in [0.5, 0.6) is 17.2 Å². The molecule has 32 heavy (non-hydrogen) atoms. The first-order valence-electron chi connectivity index (χ1n) is 9.40. The number of aromatic nitrogens is 5. The molecule has 0 amide bonds. The van der Waals surface area contributed by atoms with Gasteiger partial charge in [0.15, 0.2) is 11.5 Å². The Morgan fingerprint density at radius 1 is 1.22 bits per heavy atom. The van der Waals surface area contributed by atoms with Crippen LogP contribution in [0.2, 0.25) is 5.02 Å². The Hall–Kier alpha value is -4.10. The molecule has 0 fully saturated rings. The summed E-state index contributed by atoms with van der Waals surface area (Å²) in [5, 5.41) is 23.2. The van der Waals surface area contributed by atoms with Gasteiger partial charge in [-0.15, -0.1) is 5.10 Å². The van der Waals surface area contributed by atoms with Gasteiger partial charge in [-0.2, -0.15) is 9.94 Å². The zero-order valence-electron chi connectivity index (χ0n) is 17.3. The van der Waals surface area contributed by atoms with E-state index in [0.717, 1.165) is 15.7 Å². The largest absolute Gasteiger partial charge is 0.504 e. The number of nitrogens with zero attached hydrogens (tertiary/aromatic N) is 5. The maximum absolute atomic E-state index is 12.1. The van der Waals surface area contributed by atoms with E-state index in [1.165, 1.54) is 12.1 Å². The molecule has 10 nitrogen and oxygen atoms in total. The molecular weight excluding hydrogens is 436 g/mol. The molecule has 0 saturated carbocycles. The lowest BCUT2D eigenvalue weighted by atomic mass is 10.1. The molecule has 0 radical (unpaired) electrons. The molecule has 4 aromatic rings. The minimum absolute atomic E-state index is 0.0113. The normalized spacial score (nSPS) is 11.5. The highest BCUT2D eigenvalue weighted by Gasteiger charge is 2.18. The summed E-state index contributed by atoms with van der Waals surface area (Å²) in [6, 6.07) is 9.37. The number of hydrogen-bond donors (Lipinski definition) is 2. The minimum atomic E-state index is -0.908. The highest BCUT2D eigenvalue weighted by molar-refractivity contribution is 6.32. The van der Waals surface area contributed by atoms with Gasteiger partial charge in [0.2, 0.25) is 5.69 Å². The number of nitriles is 1. The lowest BCUT2D eigenvalue weighted by molar-refractivity contribution is 0.404. The van der Waals surface area contributed by atoms with E-state index in [0.29, 0.717) is 5.75 Å². The molecule has 162 valence electrons. The first-order valence-corrected chi connectivity index (χ1v) is 9.78. The van der Waals surface area contributed by atoms with Gasteiger partial charge in [0.05, 0.1) is 28.1 Å². The predicted octanol–water partition coefficient (Wildman–Crippen LogP) is 3.05. The number of ether oxygens (including phenoxy) is 1. The lowest BCUT2D eigenvalue weighted by Gasteiger charge is -2.21. The number of aromatic hydroxyl groups is 1. The van der Waals surface area contributed by atoms with Gasteiger partial charge in [-0.05, 0) is 39.0 Å². The van der Waals surface area contributed by atoms with Gasteiger partial charge in [0.1, 0.15) is 11.8 Å². The Balaban J connectivity index is 1.75. The number of phenols is 1. The standard InChI is InChI=1S/C21H17ClN6O4/c1-21(2,3)27-10-24-14-5-4-12(8-16(14)27)32-18-13(22)6-11(7-17(18)29)28-20(31)25-19(30)15(9-23)26-28/h4-8,10,29H,1-3H3,(H,25,30,31). The van der Waals surface area contributed by atoms with Crippen LogP contribution in [0.25, 0.3) is 16.7 Å². The first-order chi connectivity index (χ1) is 15.1. The fourth-order valence-electron chi connectivity index (χ4n) is 3.14. The van der Waals surface area contributed by atoms with Crippen molar-refractivity contribution >= 4 is 22.6 Å². The molecule has 0 aliphatic carbocycles. The fourth-order valence-corrected chi connectivity index (χ4v) is 3.39. The quantitative estimate of drug-likeness (QED) is 0.487. The van der Waals surface area contributed by atoms with Gasteiger partial charge in [-0.25, -0.2) is 9.78 Å². The van der Waals surface area contributed by atoms with E-state index in [4.69, 9.17) is 21.6 Å². The number of rotatable bonds is 3. The van der Waals surface area contributed by atoms with Gasteiger partial charge in [-0.1, -0.05) is 11.6 Å². The summed E-state index contributed by atoms with van der Waals surface area (Å²) in [7, 11) is 0. The van der Waals surface area contributed by atoms with Gasteiger partial charge in [0, 0.05) is 17.7 Å². The van der Waals surface area contributed by atoms with Crippen LogP contribution in [-0.4, -0.2) is 29.4 Å². The molecule has 4 rings (SSSR count). The predicted molar refractivity (Wildman–Crippen MR) is 117 cm³/mol. The average molecular weight is 453 g/mol. The van der Waals surface area contributed by atoms with Gasteiger partial charge < -0.3 is 14.4 Å². The maximum Gasteiger partial charge on any atom is 0.349 e. The number of halogens is 1. The fraction of sp³-hybridized carbons (Fsp3) is 0.190. The molecule has 2 N–H and O–H groups in total. The number of fused-ring (bicyclic) bond motifs is 1. The molecule has 0 bridgehead atoms. The molecule has 11 heteroatoms. The number of aromatic amines is 1. The smallest absolute Gasteiger partial charge is 0.349 e. The van der Waals surface area contributed by atoms with Crippen LogP contribution in [0.4, 0.5) is 0 Å². The number of nitrogens with one attached hydrogen (secondary N) is 1. The number of imidazole rings is 1. The van der Waals surface area contributed by atoms with Crippen LogP contribution in [-0.2, 0) is 5.54 Å². The third kappa shape index (κ3) is 3.70. The summed E-state index contributed by atoms with van der Waals surface area (Å²) >= 11 is 6.31. The Morgan fingerprint density at radius 2 is 1.97 bits per heavy atom. The molecule has 0 unspecified atom stereocenters. The van der Waals surface area contributed by atoms with Crippen molar-refractivity contribution in [2.45, 2.75) is 26.3 Å². The van der Waals surface area contributed by atoms with E-state index in [1.807, 2.05) is 30.3 Å². The average Bonchev–Trinajstić information content (AvgIpc) is 3.14. The molecule has 0 saturated heterocycles. The van der Waals surface area contributed by atoms with Crippen LogP contribution in [0.15, 0.2) is 46.2 Å². The molecule has 2 aromatic heterocycles. The highest BCUT2D eigenvalue weighted by atomic mass is 35.5. The molecular formula is C21H17ClN6O4. The van der Waals surface area contributed by atoms with E-state index >= 15 is 0 Å². The van der Waals surface area contributed by atoms with Crippen LogP contribution >= 0.6 is 11.6 Å². The number of H-pyrrole nitrogens is 1. The van der Waals surface area contributed by atoms with Crippen LogP contribution < -0.4 is 16.0 Å². The molecule has 0 aliphatic rings. The van der Waals surface area contributed by atoms with Crippen LogP contribution in [0, 0.1) is 11.3 Å². The van der Waals surface area contributed by atoms with Crippen molar-refractivity contribution < 1.29 is 9.84 Å². The summed E-state index contributed by atoms with van der Waals surface area (Å²) in [4.78, 5) is 30.0. The topological polar surface area (TPSA) is 139 Å². The van der Waals surface area contributed by atoms with Crippen molar-refractivity contribution in [3.63, 3.8) is 0 Å². The van der Waals surface area contributed by atoms with E-state index in [-0.39, 0.29) is 27.7 Å². The second-order valence-electron chi connectivity index (χ2n) is 7.95. The number of phenolic OH excluding ortho intramolecular Hbond substituents is 1. The zero-order chi connectivity index (χ0) is 23.2.